The predicted molar refractivity (Wildman–Crippen MR) is 85.6 cm³/mol. The number of hydrogen-bond donors (Lipinski definition) is 0. The van der Waals surface area contributed by atoms with Crippen molar-refractivity contribution in [1.29, 1.82) is 0 Å². The summed E-state index contributed by atoms with van der Waals surface area (Å²) in [6.07, 6.45) is 0.707. The highest BCUT2D eigenvalue weighted by Gasteiger charge is 2.11. The van der Waals surface area contributed by atoms with E-state index in [2.05, 4.69) is 0 Å². The van der Waals surface area contributed by atoms with Gasteiger partial charge in [0.2, 0.25) is 0 Å². The van der Waals surface area contributed by atoms with E-state index in [4.69, 9.17) is 25.8 Å². The molecule has 2 aromatic carbocycles. The summed E-state index contributed by atoms with van der Waals surface area (Å²) in [5, 5.41) is 0.330. The maximum Gasteiger partial charge on any atom is 0.179 e. The number of ether oxygens (including phenoxy) is 3. The summed E-state index contributed by atoms with van der Waals surface area (Å²) in [4.78, 5) is 10.8. The van der Waals surface area contributed by atoms with Gasteiger partial charge in [-0.15, -0.1) is 0 Å². The number of rotatable bonds is 7. The van der Waals surface area contributed by atoms with Gasteiger partial charge in [-0.3, -0.25) is 4.79 Å². The number of benzene rings is 2. The number of aldehydes is 1. The Morgan fingerprint density at radius 2 is 1.77 bits per heavy atom. The third kappa shape index (κ3) is 4.15. The minimum absolute atomic E-state index is 0.310. The molecule has 22 heavy (non-hydrogen) atoms. The van der Waals surface area contributed by atoms with Gasteiger partial charge in [0.1, 0.15) is 25.2 Å². The molecule has 0 fully saturated rings. The highest BCUT2D eigenvalue weighted by Crippen LogP contribution is 2.35. The first-order chi connectivity index (χ1) is 10.6. The average Bonchev–Trinajstić information content (AvgIpc) is 2.53. The van der Waals surface area contributed by atoms with Crippen LogP contribution in [0.2, 0.25) is 5.02 Å². The summed E-state index contributed by atoms with van der Waals surface area (Å²) in [5.41, 5.74) is 1.61. The molecule has 0 N–H and O–H groups in total. The Morgan fingerprint density at radius 1 is 1.09 bits per heavy atom. The van der Waals surface area contributed by atoms with Crippen molar-refractivity contribution in [2.75, 3.05) is 20.3 Å². The van der Waals surface area contributed by atoms with Crippen LogP contribution in [-0.4, -0.2) is 26.6 Å². The summed E-state index contributed by atoms with van der Waals surface area (Å²) in [5.74, 6) is 1.61. The first kappa shape index (κ1) is 16.2. The fourth-order valence-corrected chi connectivity index (χ4v) is 2.16. The molecule has 0 unspecified atom stereocenters. The maximum atomic E-state index is 10.8. The van der Waals surface area contributed by atoms with Crippen LogP contribution < -0.4 is 14.2 Å². The molecule has 0 radical (unpaired) electrons. The monoisotopic (exact) mass is 320 g/mol. The van der Waals surface area contributed by atoms with Gasteiger partial charge in [-0.1, -0.05) is 29.3 Å². The number of methoxy groups -OCH3 is 1. The third-order valence-corrected chi connectivity index (χ3v) is 3.29. The first-order valence-corrected chi connectivity index (χ1v) is 7.17. The van der Waals surface area contributed by atoms with Crippen LogP contribution in [0.3, 0.4) is 0 Å². The van der Waals surface area contributed by atoms with Crippen molar-refractivity contribution in [2.24, 2.45) is 0 Å². The van der Waals surface area contributed by atoms with E-state index in [9.17, 15) is 4.79 Å². The molecule has 0 aromatic heterocycles. The molecule has 0 saturated carbocycles. The molecule has 116 valence electrons. The van der Waals surface area contributed by atoms with Gasteiger partial charge in [-0.05, 0) is 31.2 Å². The molecule has 4 nitrogen and oxygen atoms in total. The summed E-state index contributed by atoms with van der Waals surface area (Å²) >= 11 is 6.10. The summed E-state index contributed by atoms with van der Waals surface area (Å²) in [6, 6.07) is 10.9. The topological polar surface area (TPSA) is 44.8 Å². The highest BCUT2D eigenvalue weighted by atomic mass is 35.5. The predicted octanol–water partition coefficient (Wildman–Crippen LogP) is 3.93. The largest absolute Gasteiger partial charge is 0.493 e. The second kappa shape index (κ2) is 7.71. The lowest BCUT2D eigenvalue weighted by molar-refractivity contribution is 0.112. The molecule has 0 aliphatic heterocycles. The number of carbonyl (C=O) groups excluding carboxylic acids is 1. The summed E-state index contributed by atoms with van der Waals surface area (Å²) in [7, 11) is 1.50. The smallest absolute Gasteiger partial charge is 0.179 e. The van der Waals surface area contributed by atoms with Gasteiger partial charge in [0.25, 0.3) is 0 Å². The lowest BCUT2D eigenvalue weighted by Gasteiger charge is -2.13. The Morgan fingerprint density at radius 3 is 2.41 bits per heavy atom. The van der Waals surface area contributed by atoms with E-state index in [1.54, 1.807) is 6.07 Å². The number of halogens is 1. The Balaban J connectivity index is 1.94. The van der Waals surface area contributed by atoms with Crippen molar-refractivity contribution in [3.8, 4) is 17.2 Å². The maximum absolute atomic E-state index is 10.8. The Bertz CT molecular complexity index is 638. The molecule has 0 amide bonds. The molecule has 0 spiro atoms. The van der Waals surface area contributed by atoms with Gasteiger partial charge in [-0.25, -0.2) is 0 Å². The molecule has 5 heteroatoms. The summed E-state index contributed by atoms with van der Waals surface area (Å²) in [6.45, 7) is 2.70. The van der Waals surface area contributed by atoms with Crippen molar-refractivity contribution in [3.05, 3.63) is 52.5 Å². The van der Waals surface area contributed by atoms with Gasteiger partial charge in [-0.2, -0.15) is 0 Å². The van der Waals surface area contributed by atoms with E-state index in [1.165, 1.54) is 18.7 Å². The second-order valence-corrected chi connectivity index (χ2v) is 5.07. The van der Waals surface area contributed by atoms with Crippen molar-refractivity contribution in [2.45, 2.75) is 6.92 Å². The standard InChI is InChI=1S/C17H17ClO4/c1-12-3-5-14(6-4-12)21-7-8-22-17-15(18)9-13(11-19)10-16(17)20-2/h3-6,9-11H,7-8H2,1-2H3. The zero-order valence-electron chi connectivity index (χ0n) is 12.5. The Kier molecular flexibility index (Phi) is 5.67. The first-order valence-electron chi connectivity index (χ1n) is 6.79. The van der Waals surface area contributed by atoms with E-state index < -0.39 is 0 Å². The normalized spacial score (nSPS) is 10.1. The molecule has 0 aliphatic carbocycles. The fourth-order valence-electron chi connectivity index (χ4n) is 1.89. The van der Waals surface area contributed by atoms with Crippen LogP contribution >= 0.6 is 11.6 Å². The Hall–Kier alpha value is -2.20. The van der Waals surface area contributed by atoms with E-state index >= 15 is 0 Å². The zero-order valence-corrected chi connectivity index (χ0v) is 13.2. The van der Waals surface area contributed by atoms with Crippen molar-refractivity contribution in [1.82, 2.24) is 0 Å². The van der Waals surface area contributed by atoms with Crippen molar-refractivity contribution >= 4 is 17.9 Å². The molecule has 0 aliphatic rings. The van der Waals surface area contributed by atoms with Gasteiger partial charge in [0.15, 0.2) is 11.5 Å². The lowest BCUT2D eigenvalue weighted by Crippen LogP contribution is -2.10. The average molecular weight is 321 g/mol. The van der Waals surface area contributed by atoms with E-state index in [0.29, 0.717) is 41.6 Å². The van der Waals surface area contributed by atoms with Crippen molar-refractivity contribution < 1.29 is 19.0 Å². The molecule has 0 heterocycles. The van der Waals surface area contributed by atoms with Gasteiger partial charge in [0.05, 0.1) is 12.1 Å². The van der Waals surface area contributed by atoms with Crippen LogP contribution in [0.5, 0.6) is 17.2 Å². The van der Waals surface area contributed by atoms with Crippen molar-refractivity contribution in [3.63, 3.8) is 0 Å². The van der Waals surface area contributed by atoms with Crippen LogP contribution in [-0.2, 0) is 0 Å². The quantitative estimate of drug-likeness (QED) is 0.573. The molecule has 0 saturated heterocycles. The van der Waals surface area contributed by atoms with Crippen LogP contribution in [0, 0.1) is 6.92 Å². The highest BCUT2D eigenvalue weighted by molar-refractivity contribution is 6.32. The lowest BCUT2D eigenvalue weighted by atomic mass is 10.2. The van der Waals surface area contributed by atoms with E-state index in [0.717, 1.165) is 5.75 Å². The number of hydrogen-bond acceptors (Lipinski definition) is 4. The third-order valence-electron chi connectivity index (χ3n) is 3.01. The zero-order chi connectivity index (χ0) is 15.9. The molecular weight excluding hydrogens is 304 g/mol. The molecule has 0 atom stereocenters. The van der Waals surface area contributed by atoms with E-state index in [-0.39, 0.29) is 0 Å². The van der Waals surface area contributed by atoms with Gasteiger partial charge >= 0.3 is 0 Å². The molecule has 2 aromatic rings. The summed E-state index contributed by atoms with van der Waals surface area (Å²) < 4.78 is 16.4. The number of aryl methyl sites for hydroxylation is 1. The van der Waals surface area contributed by atoms with Crippen LogP contribution in [0.15, 0.2) is 36.4 Å². The SMILES string of the molecule is COc1cc(C=O)cc(Cl)c1OCCOc1ccc(C)cc1. The molecular formula is C17H17ClO4. The molecule has 0 bridgehead atoms. The van der Waals surface area contributed by atoms with Crippen LogP contribution in [0.1, 0.15) is 15.9 Å². The Labute approximate surface area is 134 Å². The number of carbonyl (C=O) groups is 1. The van der Waals surface area contributed by atoms with Crippen LogP contribution in [0.25, 0.3) is 0 Å². The van der Waals surface area contributed by atoms with Gasteiger partial charge in [0, 0.05) is 5.56 Å². The van der Waals surface area contributed by atoms with Crippen LogP contribution in [0.4, 0.5) is 0 Å². The minimum Gasteiger partial charge on any atom is -0.493 e. The van der Waals surface area contributed by atoms with E-state index in [1.807, 2.05) is 31.2 Å². The van der Waals surface area contributed by atoms with Gasteiger partial charge < -0.3 is 14.2 Å². The fraction of sp³-hybridized carbons (Fsp3) is 0.235. The minimum atomic E-state index is 0.310. The molecule has 2 rings (SSSR count). The second-order valence-electron chi connectivity index (χ2n) is 4.66.